The van der Waals surface area contributed by atoms with E-state index in [1.165, 1.54) is 125 Å². The quantitative estimate of drug-likeness (QED) is 0.155. The summed E-state index contributed by atoms with van der Waals surface area (Å²) in [6.45, 7) is 9.51. The van der Waals surface area contributed by atoms with Crippen molar-refractivity contribution in [3.8, 4) is 61.3 Å². The molecular weight excluding hydrogens is 814 g/mol. The average molecular weight is 857 g/mol. The molecule has 11 aromatic rings. The molecule has 2 heteroatoms. The van der Waals surface area contributed by atoms with Gasteiger partial charge in [-0.15, -0.1) is 0 Å². The van der Waals surface area contributed by atoms with Crippen LogP contribution in [0.4, 0.5) is 0 Å². The van der Waals surface area contributed by atoms with E-state index in [9.17, 15) is 0 Å². The van der Waals surface area contributed by atoms with Gasteiger partial charge in [-0.1, -0.05) is 38.1 Å². The van der Waals surface area contributed by atoms with Crippen LogP contribution in [0.15, 0.2) is 188 Å². The number of benzene rings is 9. The summed E-state index contributed by atoms with van der Waals surface area (Å²) in [4.78, 5) is 0. The zero-order valence-corrected chi connectivity index (χ0v) is 37.0. The molecule has 294 valence electrons. The molecule has 2 heterocycles. The van der Waals surface area contributed by atoms with Crippen molar-refractivity contribution in [3.63, 3.8) is 0 Å². The molecule has 0 aliphatic heterocycles. The maximum absolute atomic E-state index is 2.50. The first-order valence-corrected chi connectivity index (χ1v) is 23.5. The fourth-order valence-electron chi connectivity index (χ4n) is 11.2. The summed E-state index contributed by atoms with van der Waals surface area (Å²) < 4.78 is 5.45. The molecule has 0 unspecified atom stereocenters. The second-order valence-corrected chi connectivity index (χ2v) is 20.7. The molecule has 0 saturated carbocycles. The molecule has 0 N–H and O–H groups in total. The Bertz CT molecular complexity index is 3700. The van der Waals surface area contributed by atoms with Crippen LogP contribution in [0.2, 0.25) is 0 Å². The monoisotopic (exact) mass is 857 g/mol. The predicted molar refractivity (Wildman–Crippen MR) is 264 cm³/mol. The number of hydrogen-bond donors (Lipinski definition) is 0. The molecule has 62 heavy (non-hydrogen) atoms. The van der Waals surface area contributed by atoms with E-state index in [2.05, 4.69) is 220 Å². The van der Waals surface area contributed by atoms with Crippen molar-refractivity contribution in [2.45, 2.75) is 38.5 Å². The SMILES string of the molecule is CC1(C)c2ccccc2-c2ccc(-c3cc(-c4ccc5c6ccccc6n(-c6ccc7c(c6)C(C)(C)c6ccccc6-7)c5c4)cc(-c4cccc5c4[se]c4ccccc45)c3)cc21. The Balaban J connectivity index is 1.03. The van der Waals surface area contributed by atoms with E-state index >= 15 is 0 Å². The molecule has 0 saturated heterocycles. The van der Waals surface area contributed by atoms with E-state index in [0.717, 1.165) is 0 Å². The van der Waals surface area contributed by atoms with Crippen molar-refractivity contribution < 1.29 is 0 Å². The second-order valence-electron chi connectivity index (χ2n) is 18.5. The summed E-state index contributed by atoms with van der Waals surface area (Å²) in [5.41, 5.74) is 22.0. The Hall–Kier alpha value is -6.70. The molecule has 1 nitrogen and oxygen atoms in total. The summed E-state index contributed by atoms with van der Waals surface area (Å²) in [6.07, 6.45) is 0. The molecule has 0 bridgehead atoms. The van der Waals surface area contributed by atoms with Crippen LogP contribution in [0.3, 0.4) is 0 Å². The summed E-state index contributed by atoms with van der Waals surface area (Å²) in [5, 5.41) is 5.31. The Morgan fingerprint density at radius 1 is 0.339 bits per heavy atom. The molecule has 0 amide bonds. The zero-order chi connectivity index (χ0) is 41.5. The van der Waals surface area contributed by atoms with Crippen LogP contribution < -0.4 is 0 Å². The van der Waals surface area contributed by atoms with Crippen LogP contribution >= 0.6 is 0 Å². The Labute approximate surface area is 368 Å². The minimum absolute atomic E-state index is 0.0784. The minimum atomic E-state index is -0.0848. The molecule has 0 atom stereocenters. The summed E-state index contributed by atoms with van der Waals surface area (Å²) in [7, 11) is 0. The molecule has 2 aromatic heterocycles. The third-order valence-electron chi connectivity index (χ3n) is 14.4. The van der Waals surface area contributed by atoms with Gasteiger partial charge in [-0.05, 0) is 16.7 Å². The van der Waals surface area contributed by atoms with Crippen LogP contribution in [-0.2, 0) is 10.8 Å². The van der Waals surface area contributed by atoms with Crippen molar-refractivity contribution in [3.05, 3.63) is 210 Å². The first-order chi connectivity index (χ1) is 30.2. The van der Waals surface area contributed by atoms with Gasteiger partial charge in [0.25, 0.3) is 0 Å². The molecule has 13 rings (SSSR count). The van der Waals surface area contributed by atoms with Gasteiger partial charge in [-0.25, -0.2) is 0 Å². The Morgan fingerprint density at radius 3 is 1.63 bits per heavy atom. The van der Waals surface area contributed by atoms with E-state index in [1.54, 1.807) is 0 Å². The predicted octanol–water partition coefficient (Wildman–Crippen LogP) is 15.8. The van der Waals surface area contributed by atoms with Gasteiger partial charge in [0.1, 0.15) is 0 Å². The first-order valence-electron chi connectivity index (χ1n) is 21.8. The number of aromatic nitrogens is 1. The number of fused-ring (bicyclic) bond motifs is 12. The number of rotatable bonds is 4. The summed E-state index contributed by atoms with van der Waals surface area (Å²) >= 11 is 0.230. The molecule has 0 radical (unpaired) electrons. The Kier molecular flexibility index (Phi) is 7.50. The van der Waals surface area contributed by atoms with E-state index in [4.69, 9.17) is 0 Å². The third-order valence-corrected chi connectivity index (χ3v) is 17.0. The maximum atomic E-state index is 2.50. The summed E-state index contributed by atoms with van der Waals surface area (Å²) in [6, 6.07) is 71.5. The van der Waals surface area contributed by atoms with Crippen molar-refractivity contribution in [1.29, 1.82) is 0 Å². The van der Waals surface area contributed by atoms with Gasteiger partial charge in [0.15, 0.2) is 0 Å². The number of nitrogens with zero attached hydrogens (tertiary/aromatic N) is 1. The standard InChI is InChI=1S/C60H43NSe/c1-59(2)51-20-9-5-14-43(51)45-27-24-36(33-53(45)59)38-30-39(32-40(31-38)42-18-13-19-50-49-17-8-12-23-57(49)62-58(42)50)37-25-28-48-47-16-7-11-22-55(47)61(56(48)34-37)41-26-29-46-44-15-6-10-21-52(44)60(3,4)54(46)35-41/h5-35H,1-4H3. The van der Waals surface area contributed by atoms with Crippen LogP contribution in [0.1, 0.15) is 49.9 Å². The zero-order valence-electron chi connectivity index (χ0n) is 35.3. The summed E-state index contributed by atoms with van der Waals surface area (Å²) in [5.74, 6) is 0. The fraction of sp³-hybridized carbons (Fsp3) is 0.100. The van der Waals surface area contributed by atoms with Gasteiger partial charge in [-0.3, -0.25) is 0 Å². The normalized spacial score (nSPS) is 14.4. The van der Waals surface area contributed by atoms with Crippen LogP contribution in [0.25, 0.3) is 102 Å². The first kappa shape index (κ1) is 36.0. The van der Waals surface area contributed by atoms with Crippen molar-refractivity contribution in [1.82, 2.24) is 4.57 Å². The molecule has 2 aliphatic carbocycles. The van der Waals surface area contributed by atoms with Gasteiger partial charge in [0.05, 0.1) is 0 Å². The van der Waals surface area contributed by atoms with E-state index in [-0.39, 0.29) is 25.3 Å². The number of hydrogen-bond acceptors (Lipinski definition) is 0. The average Bonchev–Trinajstić information content (AvgIpc) is 3.99. The van der Waals surface area contributed by atoms with Gasteiger partial charge in [-0.2, -0.15) is 0 Å². The molecular formula is C60H43NSe. The van der Waals surface area contributed by atoms with Crippen LogP contribution in [0.5, 0.6) is 0 Å². The van der Waals surface area contributed by atoms with Crippen molar-refractivity contribution >= 4 is 55.6 Å². The van der Waals surface area contributed by atoms with Crippen LogP contribution in [0, 0.1) is 0 Å². The van der Waals surface area contributed by atoms with Gasteiger partial charge in [0.2, 0.25) is 0 Å². The number of para-hydroxylation sites is 1. The van der Waals surface area contributed by atoms with Crippen LogP contribution in [-0.4, -0.2) is 19.1 Å². The topological polar surface area (TPSA) is 4.93 Å². The van der Waals surface area contributed by atoms with E-state index < -0.39 is 0 Å². The Morgan fingerprint density at radius 2 is 0.871 bits per heavy atom. The van der Waals surface area contributed by atoms with Gasteiger partial charge < -0.3 is 0 Å². The third kappa shape index (κ3) is 5.03. The van der Waals surface area contributed by atoms with Crippen molar-refractivity contribution in [2.75, 3.05) is 0 Å². The molecule has 2 aliphatic rings. The molecule has 0 spiro atoms. The van der Waals surface area contributed by atoms with Gasteiger partial charge in [0, 0.05) is 5.41 Å². The fourth-order valence-corrected chi connectivity index (χ4v) is 13.8. The van der Waals surface area contributed by atoms with Gasteiger partial charge >= 0.3 is 310 Å². The molecule has 9 aromatic carbocycles. The van der Waals surface area contributed by atoms with E-state index in [1.807, 2.05) is 0 Å². The van der Waals surface area contributed by atoms with E-state index in [0.29, 0.717) is 0 Å². The molecule has 0 fully saturated rings. The second kappa shape index (κ2) is 12.9. The van der Waals surface area contributed by atoms with Crippen molar-refractivity contribution in [2.24, 2.45) is 0 Å².